The molecule has 1 N–H and O–H groups in total. The van der Waals surface area contributed by atoms with E-state index in [0.29, 0.717) is 28.6 Å². The molecule has 7 nitrogen and oxygen atoms in total. The number of rotatable bonds is 9. The van der Waals surface area contributed by atoms with E-state index in [9.17, 15) is 14.4 Å². The number of para-hydroxylation sites is 1. The Kier molecular flexibility index (Phi) is 8.64. The van der Waals surface area contributed by atoms with Crippen molar-refractivity contribution >= 4 is 23.5 Å². The molecular formula is C30H39N2O5+. The van der Waals surface area contributed by atoms with E-state index < -0.39 is 11.5 Å². The molecule has 0 aromatic heterocycles. The molecule has 7 heteroatoms. The fourth-order valence-corrected chi connectivity index (χ4v) is 5.72. The molecule has 2 aliphatic rings. The first kappa shape index (κ1) is 26.9. The molecule has 1 aliphatic heterocycles. The molecule has 0 unspecified atom stereocenters. The van der Waals surface area contributed by atoms with Gasteiger partial charge in [-0.1, -0.05) is 48.9 Å². The van der Waals surface area contributed by atoms with Crippen molar-refractivity contribution in [3.05, 3.63) is 65.2 Å². The lowest BCUT2D eigenvalue weighted by Gasteiger charge is -2.45. The van der Waals surface area contributed by atoms with Crippen molar-refractivity contribution in [2.45, 2.75) is 70.9 Å². The van der Waals surface area contributed by atoms with Crippen LogP contribution in [0.15, 0.2) is 48.5 Å². The summed E-state index contributed by atoms with van der Waals surface area (Å²) in [6, 6.07) is 15.0. The Morgan fingerprint density at radius 3 is 2.22 bits per heavy atom. The van der Waals surface area contributed by atoms with E-state index in [1.54, 1.807) is 19.1 Å². The van der Waals surface area contributed by atoms with Crippen LogP contribution in [0.5, 0.6) is 0 Å². The maximum absolute atomic E-state index is 14.0. The molecule has 1 heterocycles. The molecule has 1 saturated carbocycles. The van der Waals surface area contributed by atoms with Gasteiger partial charge in [0, 0.05) is 12.8 Å². The third kappa shape index (κ3) is 6.04. The molecule has 0 spiro atoms. The summed E-state index contributed by atoms with van der Waals surface area (Å²) in [7, 11) is 0. The largest absolute Gasteiger partial charge is 0.462 e. The molecule has 2 aromatic rings. The SMILES string of the molecule is CCOC(=O)c1cccc(C)c1NC(=O)C1([N+]2(CC(=O)OCc3ccccc3)CCCCCCC2)CC1. The van der Waals surface area contributed by atoms with Crippen molar-refractivity contribution in [1.29, 1.82) is 0 Å². The van der Waals surface area contributed by atoms with E-state index in [1.165, 1.54) is 6.42 Å². The molecule has 0 atom stereocenters. The minimum absolute atomic E-state index is 0.121. The molecule has 1 saturated heterocycles. The summed E-state index contributed by atoms with van der Waals surface area (Å²) in [4.78, 5) is 39.8. The number of nitrogens with one attached hydrogen (secondary N) is 1. The number of ether oxygens (including phenoxy) is 2. The molecule has 0 bridgehead atoms. The molecule has 0 radical (unpaired) electrons. The number of likely N-dealkylation sites (tertiary alicyclic amines) is 1. The lowest BCUT2D eigenvalue weighted by atomic mass is 10.00. The second kappa shape index (κ2) is 11.9. The van der Waals surface area contributed by atoms with Gasteiger partial charge in [0.05, 0.1) is 30.9 Å². The maximum atomic E-state index is 14.0. The molecule has 198 valence electrons. The van der Waals surface area contributed by atoms with Gasteiger partial charge in [0.1, 0.15) is 6.61 Å². The van der Waals surface area contributed by atoms with Crippen molar-refractivity contribution in [2.75, 3.05) is 31.6 Å². The zero-order chi connectivity index (χ0) is 26.3. The molecule has 2 fully saturated rings. The van der Waals surface area contributed by atoms with E-state index in [1.807, 2.05) is 43.3 Å². The van der Waals surface area contributed by atoms with E-state index >= 15 is 0 Å². The van der Waals surface area contributed by atoms with Gasteiger partial charge in [-0.05, 0) is 56.7 Å². The van der Waals surface area contributed by atoms with Crippen LogP contribution in [0.1, 0.15) is 73.4 Å². The number of benzene rings is 2. The van der Waals surface area contributed by atoms with Gasteiger partial charge >= 0.3 is 11.9 Å². The van der Waals surface area contributed by atoms with Crippen LogP contribution < -0.4 is 5.32 Å². The Morgan fingerprint density at radius 2 is 1.57 bits per heavy atom. The lowest BCUT2D eigenvalue weighted by Crippen LogP contribution is -2.65. The highest BCUT2D eigenvalue weighted by molar-refractivity contribution is 6.05. The minimum atomic E-state index is -0.697. The first-order chi connectivity index (χ1) is 17.9. The highest BCUT2D eigenvalue weighted by Crippen LogP contribution is 2.49. The number of hydrogen-bond donors (Lipinski definition) is 1. The van der Waals surface area contributed by atoms with Crippen molar-refractivity contribution in [3.63, 3.8) is 0 Å². The lowest BCUT2D eigenvalue weighted by molar-refractivity contribution is -0.946. The Bertz CT molecular complexity index is 1100. The number of anilines is 1. The van der Waals surface area contributed by atoms with E-state index in [-0.39, 0.29) is 31.6 Å². The molecule has 1 amide bonds. The predicted octanol–water partition coefficient (Wildman–Crippen LogP) is 5.17. The number of nitrogens with zero attached hydrogens (tertiary/aromatic N) is 1. The standard InChI is InChI=1S/C30H38N2O5/c1-3-36-28(34)25-16-12-13-23(2)27(25)31-29(35)30(17-18-30)32(19-10-5-4-6-11-20-32)21-26(33)37-22-24-14-8-7-9-15-24/h7-9,12-16H,3-6,10-11,17-22H2,1-2H3/p+1. The maximum Gasteiger partial charge on any atom is 0.362 e. The van der Waals surface area contributed by atoms with E-state index in [4.69, 9.17) is 9.47 Å². The fraction of sp³-hybridized carbons (Fsp3) is 0.500. The van der Waals surface area contributed by atoms with Gasteiger partial charge in [0.25, 0.3) is 5.91 Å². The molecule has 4 rings (SSSR count). The van der Waals surface area contributed by atoms with Gasteiger partial charge in [-0.3, -0.25) is 4.79 Å². The Balaban J connectivity index is 1.58. The number of hydrogen-bond acceptors (Lipinski definition) is 5. The highest BCUT2D eigenvalue weighted by Gasteiger charge is 2.66. The average molecular weight is 508 g/mol. The van der Waals surface area contributed by atoms with Crippen LogP contribution in [-0.4, -0.2) is 54.1 Å². The second-order valence-corrected chi connectivity index (χ2v) is 10.4. The van der Waals surface area contributed by atoms with Crippen molar-refractivity contribution < 1.29 is 28.3 Å². The average Bonchev–Trinajstić information content (AvgIpc) is 3.69. The number of quaternary nitrogens is 1. The summed E-state index contributed by atoms with van der Waals surface area (Å²) < 4.78 is 11.4. The molecular weight excluding hydrogens is 468 g/mol. The number of aryl methyl sites for hydroxylation is 1. The number of amides is 1. The minimum Gasteiger partial charge on any atom is -0.462 e. The highest BCUT2D eigenvalue weighted by atomic mass is 16.5. The van der Waals surface area contributed by atoms with Gasteiger partial charge in [-0.25, -0.2) is 9.59 Å². The molecule has 37 heavy (non-hydrogen) atoms. The zero-order valence-corrected chi connectivity index (χ0v) is 22.1. The number of esters is 2. The Morgan fingerprint density at radius 1 is 0.892 bits per heavy atom. The quantitative estimate of drug-likeness (QED) is 0.374. The Hall–Kier alpha value is -3.19. The predicted molar refractivity (Wildman–Crippen MR) is 142 cm³/mol. The van der Waals surface area contributed by atoms with Crippen molar-refractivity contribution in [3.8, 4) is 0 Å². The van der Waals surface area contributed by atoms with Gasteiger partial charge < -0.3 is 19.3 Å². The normalized spacial score (nSPS) is 18.1. The third-order valence-electron chi connectivity index (χ3n) is 7.91. The summed E-state index contributed by atoms with van der Waals surface area (Å²) in [6.07, 6.45) is 6.75. The zero-order valence-electron chi connectivity index (χ0n) is 22.1. The second-order valence-electron chi connectivity index (χ2n) is 10.4. The van der Waals surface area contributed by atoms with Gasteiger partial charge in [0.2, 0.25) is 0 Å². The van der Waals surface area contributed by atoms with Crippen LogP contribution in [0.3, 0.4) is 0 Å². The third-order valence-corrected chi connectivity index (χ3v) is 7.91. The summed E-state index contributed by atoms with van der Waals surface area (Å²) >= 11 is 0. The van der Waals surface area contributed by atoms with Crippen LogP contribution in [0.4, 0.5) is 5.69 Å². The van der Waals surface area contributed by atoms with Crippen LogP contribution in [0.25, 0.3) is 0 Å². The molecule has 2 aromatic carbocycles. The van der Waals surface area contributed by atoms with Crippen LogP contribution in [-0.2, 0) is 25.7 Å². The van der Waals surface area contributed by atoms with Gasteiger partial charge in [0.15, 0.2) is 12.1 Å². The fourth-order valence-electron chi connectivity index (χ4n) is 5.72. The monoisotopic (exact) mass is 507 g/mol. The van der Waals surface area contributed by atoms with E-state index in [2.05, 4.69) is 5.32 Å². The summed E-state index contributed by atoms with van der Waals surface area (Å²) in [6.45, 7) is 5.84. The van der Waals surface area contributed by atoms with Crippen LogP contribution in [0.2, 0.25) is 0 Å². The number of carbonyl (C=O) groups excluding carboxylic acids is 3. The molecule has 1 aliphatic carbocycles. The number of carbonyl (C=O) groups is 3. The van der Waals surface area contributed by atoms with E-state index in [0.717, 1.165) is 49.9 Å². The summed E-state index contributed by atoms with van der Waals surface area (Å²) in [5.74, 6) is -0.846. The Labute approximate surface area is 219 Å². The van der Waals surface area contributed by atoms with Crippen molar-refractivity contribution in [2.24, 2.45) is 0 Å². The van der Waals surface area contributed by atoms with Gasteiger partial charge in [-0.15, -0.1) is 0 Å². The van der Waals surface area contributed by atoms with Crippen LogP contribution >= 0.6 is 0 Å². The summed E-state index contributed by atoms with van der Waals surface area (Å²) in [5, 5.41) is 3.10. The smallest absolute Gasteiger partial charge is 0.362 e. The van der Waals surface area contributed by atoms with Gasteiger partial charge in [-0.2, -0.15) is 0 Å². The first-order valence-electron chi connectivity index (χ1n) is 13.5. The van der Waals surface area contributed by atoms with Crippen LogP contribution in [0, 0.1) is 6.92 Å². The summed E-state index contributed by atoms with van der Waals surface area (Å²) in [5.41, 5.74) is 1.90. The first-order valence-corrected chi connectivity index (χ1v) is 13.5. The van der Waals surface area contributed by atoms with Crippen molar-refractivity contribution in [1.82, 2.24) is 0 Å². The topological polar surface area (TPSA) is 81.7 Å².